The normalized spacial score (nSPS) is 36.7. The molecule has 84 valence electrons. The van der Waals surface area contributed by atoms with Gasteiger partial charge in [-0.15, -0.1) is 0 Å². The van der Waals surface area contributed by atoms with Crippen molar-refractivity contribution in [1.82, 2.24) is 4.90 Å². The van der Waals surface area contributed by atoms with Gasteiger partial charge in [-0.05, 0) is 36.8 Å². The molecule has 3 unspecified atom stereocenters. The van der Waals surface area contributed by atoms with Gasteiger partial charge in [-0.2, -0.15) is 0 Å². The summed E-state index contributed by atoms with van der Waals surface area (Å²) in [4.78, 5) is 2.38. The van der Waals surface area contributed by atoms with Crippen molar-refractivity contribution in [2.75, 3.05) is 13.1 Å². The van der Waals surface area contributed by atoms with Crippen LogP contribution in [0.25, 0.3) is 0 Å². The summed E-state index contributed by atoms with van der Waals surface area (Å²) in [5.74, 6) is 2.64. The van der Waals surface area contributed by atoms with Crippen molar-refractivity contribution in [3.05, 3.63) is 24.4 Å². The lowest BCUT2D eigenvalue weighted by molar-refractivity contribution is 0.241. The molecule has 1 saturated carbocycles. The van der Waals surface area contributed by atoms with Gasteiger partial charge in [-0.25, -0.2) is 0 Å². The Hall–Kier alpha value is -0.720. The zero-order valence-corrected chi connectivity index (χ0v) is 10.0. The number of allylic oxidation sites excluding steroid dienone is 1. The molecule has 0 bridgehead atoms. The molecule has 1 nitrogen and oxygen atoms in total. The van der Waals surface area contributed by atoms with Gasteiger partial charge in [0, 0.05) is 13.1 Å². The van der Waals surface area contributed by atoms with E-state index in [1.807, 2.05) is 0 Å². The lowest BCUT2D eigenvalue weighted by Gasteiger charge is -2.31. The second-order valence-electron chi connectivity index (χ2n) is 5.33. The third kappa shape index (κ3) is 2.87. The van der Waals surface area contributed by atoms with Crippen LogP contribution in [0, 0.1) is 17.8 Å². The molecule has 15 heavy (non-hydrogen) atoms. The number of hydrogen-bond donors (Lipinski definition) is 0. The van der Waals surface area contributed by atoms with E-state index in [4.69, 9.17) is 0 Å². The number of rotatable bonds is 2. The highest BCUT2D eigenvalue weighted by atomic mass is 15.1. The van der Waals surface area contributed by atoms with Crippen LogP contribution in [0.2, 0.25) is 0 Å². The maximum Gasteiger partial charge on any atom is 0.0358 e. The minimum Gasteiger partial charge on any atom is -0.370 e. The topological polar surface area (TPSA) is 3.24 Å². The fraction of sp³-hybridized carbons (Fsp3) is 0.714. The van der Waals surface area contributed by atoms with Crippen LogP contribution in [0.15, 0.2) is 24.4 Å². The van der Waals surface area contributed by atoms with Gasteiger partial charge in [0.25, 0.3) is 0 Å². The summed E-state index contributed by atoms with van der Waals surface area (Å²) in [6.07, 6.45) is 13.5. The minimum atomic E-state index is 0.821. The van der Waals surface area contributed by atoms with E-state index in [9.17, 15) is 0 Å². The summed E-state index contributed by atoms with van der Waals surface area (Å²) < 4.78 is 0. The maximum absolute atomic E-state index is 2.45. The molecule has 0 spiro atoms. The van der Waals surface area contributed by atoms with Crippen molar-refractivity contribution >= 4 is 0 Å². The fourth-order valence-corrected chi connectivity index (χ4v) is 2.82. The Morgan fingerprint density at radius 1 is 1.13 bits per heavy atom. The third-order valence-electron chi connectivity index (χ3n) is 3.89. The summed E-state index contributed by atoms with van der Waals surface area (Å²) in [5.41, 5.74) is 0. The van der Waals surface area contributed by atoms with Crippen molar-refractivity contribution in [2.24, 2.45) is 17.8 Å². The van der Waals surface area contributed by atoms with Gasteiger partial charge < -0.3 is 4.90 Å². The standard InChI is InChI=1S/C14H23N/c1-12-5-6-14(13(2)11-12)7-10-15-8-3-4-9-15/h3-4,7,10,12-14H,5-6,8-9,11H2,1-2H3. The SMILES string of the molecule is CC1CCC(C=CN2CC=CC2)C(C)C1. The average Bonchev–Trinajstić information content (AvgIpc) is 2.69. The zero-order valence-electron chi connectivity index (χ0n) is 10.0. The Bertz CT molecular complexity index is 246. The highest BCUT2D eigenvalue weighted by molar-refractivity contribution is 5.02. The van der Waals surface area contributed by atoms with E-state index in [-0.39, 0.29) is 0 Å². The molecule has 1 heteroatoms. The highest BCUT2D eigenvalue weighted by Crippen LogP contribution is 2.34. The average molecular weight is 205 g/mol. The van der Waals surface area contributed by atoms with Gasteiger partial charge in [0.1, 0.15) is 0 Å². The summed E-state index contributed by atoms with van der Waals surface area (Å²) in [6.45, 7) is 7.01. The van der Waals surface area contributed by atoms with E-state index in [0.29, 0.717) is 0 Å². The molecule has 1 aliphatic heterocycles. The lowest BCUT2D eigenvalue weighted by Crippen LogP contribution is -2.21. The second-order valence-corrected chi connectivity index (χ2v) is 5.33. The summed E-state index contributed by atoms with van der Waals surface area (Å²) >= 11 is 0. The summed E-state index contributed by atoms with van der Waals surface area (Å²) in [7, 11) is 0. The quantitative estimate of drug-likeness (QED) is 0.624. The van der Waals surface area contributed by atoms with Crippen LogP contribution in [-0.2, 0) is 0 Å². The molecule has 2 aliphatic rings. The van der Waals surface area contributed by atoms with E-state index in [0.717, 1.165) is 30.8 Å². The Labute approximate surface area is 93.9 Å². The van der Waals surface area contributed by atoms with Crippen LogP contribution in [0.4, 0.5) is 0 Å². The third-order valence-corrected chi connectivity index (χ3v) is 3.89. The van der Waals surface area contributed by atoms with Gasteiger partial charge in [0.15, 0.2) is 0 Å². The van der Waals surface area contributed by atoms with Crippen LogP contribution >= 0.6 is 0 Å². The van der Waals surface area contributed by atoms with Crippen LogP contribution in [0.3, 0.4) is 0 Å². The van der Waals surface area contributed by atoms with Crippen LogP contribution in [0.1, 0.15) is 33.1 Å². The van der Waals surface area contributed by atoms with Crippen molar-refractivity contribution in [3.8, 4) is 0 Å². The van der Waals surface area contributed by atoms with Crippen molar-refractivity contribution in [2.45, 2.75) is 33.1 Å². The Morgan fingerprint density at radius 2 is 1.87 bits per heavy atom. The smallest absolute Gasteiger partial charge is 0.0358 e. The second kappa shape index (κ2) is 4.87. The first-order valence-corrected chi connectivity index (χ1v) is 6.33. The number of hydrogen-bond acceptors (Lipinski definition) is 1. The molecule has 0 aromatic rings. The molecule has 1 fully saturated rings. The predicted octanol–water partition coefficient (Wildman–Crippen LogP) is 3.44. The first-order valence-electron chi connectivity index (χ1n) is 6.33. The molecule has 0 amide bonds. The molecule has 3 atom stereocenters. The first-order chi connectivity index (χ1) is 7.25. The van der Waals surface area contributed by atoms with Crippen molar-refractivity contribution in [3.63, 3.8) is 0 Å². The monoisotopic (exact) mass is 205 g/mol. The van der Waals surface area contributed by atoms with Gasteiger partial charge in [0.05, 0.1) is 0 Å². The molecule has 0 radical (unpaired) electrons. The number of nitrogens with zero attached hydrogens (tertiary/aromatic N) is 1. The van der Waals surface area contributed by atoms with Crippen molar-refractivity contribution < 1.29 is 0 Å². The van der Waals surface area contributed by atoms with Gasteiger partial charge in [-0.1, -0.05) is 38.5 Å². The van der Waals surface area contributed by atoms with Gasteiger partial charge in [0.2, 0.25) is 0 Å². The Balaban J connectivity index is 1.83. The summed E-state index contributed by atoms with van der Waals surface area (Å²) in [5, 5.41) is 0. The molecule has 0 aromatic carbocycles. The molecular weight excluding hydrogens is 182 g/mol. The van der Waals surface area contributed by atoms with Crippen LogP contribution in [-0.4, -0.2) is 18.0 Å². The highest BCUT2D eigenvalue weighted by Gasteiger charge is 2.23. The van der Waals surface area contributed by atoms with Gasteiger partial charge in [-0.3, -0.25) is 0 Å². The lowest BCUT2D eigenvalue weighted by atomic mass is 9.76. The fourth-order valence-electron chi connectivity index (χ4n) is 2.82. The molecule has 0 N–H and O–H groups in total. The van der Waals surface area contributed by atoms with Crippen molar-refractivity contribution in [1.29, 1.82) is 0 Å². The molecule has 1 heterocycles. The van der Waals surface area contributed by atoms with E-state index >= 15 is 0 Å². The maximum atomic E-state index is 2.45. The molecule has 1 aliphatic carbocycles. The van der Waals surface area contributed by atoms with E-state index in [2.05, 4.69) is 43.2 Å². The molecule has 0 aromatic heterocycles. The predicted molar refractivity (Wildman–Crippen MR) is 65.5 cm³/mol. The van der Waals surface area contributed by atoms with Crippen LogP contribution in [0.5, 0.6) is 0 Å². The van der Waals surface area contributed by atoms with Crippen LogP contribution < -0.4 is 0 Å². The Kier molecular flexibility index (Phi) is 3.50. The Morgan fingerprint density at radius 3 is 2.53 bits per heavy atom. The minimum absolute atomic E-state index is 0.821. The van der Waals surface area contributed by atoms with E-state index < -0.39 is 0 Å². The largest absolute Gasteiger partial charge is 0.370 e. The molecule has 0 saturated heterocycles. The summed E-state index contributed by atoms with van der Waals surface area (Å²) in [6, 6.07) is 0. The van der Waals surface area contributed by atoms with Gasteiger partial charge >= 0.3 is 0 Å². The zero-order chi connectivity index (χ0) is 10.7. The van der Waals surface area contributed by atoms with E-state index in [1.165, 1.54) is 19.3 Å². The molecular formula is C14H23N. The molecule has 2 rings (SSSR count). The first kappa shape index (κ1) is 10.8. The van der Waals surface area contributed by atoms with E-state index in [1.54, 1.807) is 0 Å².